The Labute approximate surface area is 178 Å². The average Bonchev–Trinajstić information content (AvgIpc) is 3.59. The van der Waals surface area contributed by atoms with Crippen molar-refractivity contribution in [3.8, 4) is 11.1 Å². The van der Waals surface area contributed by atoms with Crippen LogP contribution in [0.25, 0.3) is 11.1 Å². The van der Waals surface area contributed by atoms with Gasteiger partial charge in [0.2, 0.25) is 5.91 Å². The lowest BCUT2D eigenvalue weighted by Crippen LogP contribution is -2.62. The maximum Gasteiger partial charge on any atom is 0.256 e. The molecular weight excluding hydrogens is 376 g/mol. The number of carbonyl (C=O) groups excluding carboxylic acids is 2. The molecule has 1 aliphatic carbocycles. The summed E-state index contributed by atoms with van der Waals surface area (Å²) < 4.78 is 6.12. The van der Waals surface area contributed by atoms with E-state index in [-0.39, 0.29) is 17.7 Å². The molecule has 0 aromatic heterocycles. The number of amides is 2. The minimum Gasteiger partial charge on any atom is -0.361 e. The largest absolute Gasteiger partial charge is 0.361 e. The molecule has 1 saturated carbocycles. The Morgan fingerprint density at radius 1 is 1.10 bits per heavy atom. The number of ether oxygens (including phenoxy) is 1. The molecule has 0 radical (unpaired) electrons. The van der Waals surface area contributed by atoms with E-state index in [1.807, 2.05) is 4.90 Å². The van der Waals surface area contributed by atoms with Gasteiger partial charge in [0.1, 0.15) is 0 Å². The zero-order valence-corrected chi connectivity index (χ0v) is 18.1. The number of carbonyl (C=O) groups is 2. The fraction of sp³-hybridized carbons (Fsp3) is 0.440. The highest BCUT2D eigenvalue weighted by molar-refractivity contribution is 5.88. The Kier molecular flexibility index (Phi) is 5.65. The standard InChI is InChI=1S/C25H30N2O3/c1-18-5-4-6-22(15-18)20-9-7-19(8-10-20)16-25(24(29)26(2)3)17-27(13-14-30-25)23(28)21-11-12-21/h4-10,15,21H,11-14,16-17H2,1-3H3/t25-/m1/s1. The summed E-state index contributed by atoms with van der Waals surface area (Å²) in [4.78, 5) is 29.2. The van der Waals surface area contributed by atoms with E-state index in [1.165, 1.54) is 11.1 Å². The molecule has 2 aliphatic rings. The van der Waals surface area contributed by atoms with Gasteiger partial charge in [0, 0.05) is 33.0 Å². The Balaban J connectivity index is 1.57. The van der Waals surface area contributed by atoms with Crippen LogP contribution >= 0.6 is 0 Å². The third kappa shape index (κ3) is 4.26. The number of benzene rings is 2. The predicted molar refractivity (Wildman–Crippen MR) is 117 cm³/mol. The van der Waals surface area contributed by atoms with Crippen molar-refractivity contribution in [3.63, 3.8) is 0 Å². The molecule has 0 bridgehead atoms. The molecule has 0 N–H and O–H groups in total. The first-order chi connectivity index (χ1) is 14.4. The van der Waals surface area contributed by atoms with E-state index in [9.17, 15) is 9.59 Å². The summed E-state index contributed by atoms with van der Waals surface area (Å²) in [5.41, 5.74) is 3.55. The zero-order chi connectivity index (χ0) is 21.3. The number of hydrogen-bond donors (Lipinski definition) is 0. The van der Waals surface area contributed by atoms with Gasteiger partial charge < -0.3 is 14.5 Å². The molecule has 5 nitrogen and oxygen atoms in total. The van der Waals surface area contributed by atoms with Crippen LogP contribution in [-0.4, -0.2) is 61.0 Å². The van der Waals surface area contributed by atoms with Crippen molar-refractivity contribution in [3.05, 3.63) is 59.7 Å². The molecule has 1 atom stereocenters. The van der Waals surface area contributed by atoms with Gasteiger partial charge in [-0.3, -0.25) is 9.59 Å². The van der Waals surface area contributed by atoms with Crippen molar-refractivity contribution in [2.45, 2.75) is 31.8 Å². The Morgan fingerprint density at radius 3 is 2.47 bits per heavy atom. The van der Waals surface area contributed by atoms with Crippen LogP contribution in [0.15, 0.2) is 48.5 Å². The van der Waals surface area contributed by atoms with Gasteiger partial charge in [-0.05, 0) is 36.5 Å². The Morgan fingerprint density at radius 2 is 1.83 bits per heavy atom. The van der Waals surface area contributed by atoms with Gasteiger partial charge in [0.05, 0.1) is 13.2 Å². The highest BCUT2D eigenvalue weighted by Crippen LogP contribution is 2.34. The molecule has 1 aliphatic heterocycles. The quantitative estimate of drug-likeness (QED) is 0.766. The second-order valence-electron chi connectivity index (χ2n) is 8.82. The van der Waals surface area contributed by atoms with E-state index >= 15 is 0 Å². The fourth-order valence-electron chi connectivity index (χ4n) is 4.25. The van der Waals surface area contributed by atoms with Crippen LogP contribution in [0.5, 0.6) is 0 Å². The second kappa shape index (κ2) is 8.23. The first-order valence-electron chi connectivity index (χ1n) is 10.7. The van der Waals surface area contributed by atoms with Gasteiger partial charge in [-0.15, -0.1) is 0 Å². The van der Waals surface area contributed by atoms with E-state index < -0.39 is 5.60 Å². The first kappa shape index (κ1) is 20.6. The summed E-state index contributed by atoms with van der Waals surface area (Å²) >= 11 is 0. The van der Waals surface area contributed by atoms with Gasteiger partial charge >= 0.3 is 0 Å². The first-order valence-corrected chi connectivity index (χ1v) is 10.7. The third-order valence-corrected chi connectivity index (χ3v) is 6.02. The van der Waals surface area contributed by atoms with E-state index in [2.05, 4.69) is 55.5 Å². The highest BCUT2D eigenvalue weighted by Gasteiger charge is 2.47. The summed E-state index contributed by atoms with van der Waals surface area (Å²) in [5, 5.41) is 0. The van der Waals surface area contributed by atoms with Crippen LogP contribution in [0.2, 0.25) is 0 Å². The molecule has 2 aromatic rings. The van der Waals surface area contributed by atoms with Gasteiger partial charge in [0.25, 0.3) is 5.91 Å². The molecule has 1 heterocycles. The zero-order valence-electron chi connectivity index (χ0n) is 18.1. The summed E-state index contributed by atoms with van der Waals surface area (Å²) in [7, 11) is 3.49. The number of hydrogen-bond acceptors (Lipinski definition) is 3. The minimum absolute atomic E-state index is 0.0847. The minimum atomic E-state index is -1.03. The second-order valence-corrected chi connectivity index (χ2v) is 8.82. The molecule has 5 heteroatoms. The third-order valence-electron chi connectivity index (χ3n) is 6.02. The topological polar surface area (TPSA) is 49.9 Å². The maximum atomic E-state index is 13.2. The van der Waals surface area contributed by atoms with Crippen molar-refractivity contribution in [1.29, 1.82) is 0 Å². The van der Waals surface area contributed by atoms with Crippen molar-refractivity contribution >= 4 is 11.8 Å². The molecule has 4 rings (SSSR count). The van der Waals surface area contributed by atoms with Crippen LogP contribution in [0.4, 0.5) is 0 Å². The molecule has 158 valence electrons. The number of rotatable bonds is 5. The molecule has 2 fully saturated rings. The predicted octanol–water partition coefficient (Wildman–Crippen LogP) is 3.30. The molecule has 0 unspecified atom stereocenters. The van der Waals surface area contributed by atoms with Crippen LogP contribution in [0.3, 0.4) is 0 Å². The van der Waals surface area contributed by atoms with Crippen molar-refractivity contribution in [1.82, 2.24) is 9.80 Å². The van der Waals surface area contributed by atoms with Gasteiger partial charge in [0.15, 0.2) is 5.60 Å². The van der Waals surface area contributed by atoms with E-state index in [4.69, 9.17) is 4.74 Å². The van der Waals surface area contributed by atoms with Crippen LogP contribution < -0.4 is 0 Å². The lowest BCUT2D eigenvalue weighted by atomic mass is 9.89. The van der Waals surface area contributed by atoms with Crippen molar-refractivity contribution in [2.75, 3.05) is 33.8 Å². The Bertz CT molecular complexity index is 934. The number of nitrogens with zero attached hydrogens (tertiary/aromatic N) is 2. The van der Waals surface area contributed by atoms with Crippen LogP contribution in [-0.2, 0) is 20.7 Å². The van der Waals surface area contributed by atoms with E-state index in [0.717, 1.165) is 24.0 Å². The number of morpholine rings is 1. The molecular formula is C25H30N2O3. The maximum absolute atomic E-state index is 13.2. The summed E-state index contributed by atoms with van der Waals surface area (Å²) in [6, 6.07) is 16.7. The monoisotopic (exact) mass is 406 g/mol. The fourth-order valence-corrected chi connectivity index (χ4v) is 4.25. The van der Waals surface area contributed by atoms with Crippen LogP contribution in [0.1, 0.15) is 24.0 Å². The normalized spacial score (nSPS) is 21.4. The molecule has 2 amide bonds. The highest BCUT2D eigenvalue weighted by atomic mass is 16.5. The van der Waals surface area contributed by atoms with Crippen LogP contribution in [0, 0.1) is 12.8 Å². The van der Waals surface area contributed by atoms with Gasteiger partial charge in [-0.25, -0.2) is 0 Å². The average molecular weight is 407 g/mol. The molecule has 30 heavy (non-hydrogen) atoms. The lowest BCUT2D eigenvalue weighted by molar-refractivity contribution is -0.173. The van der Waals surface area contributed by atoms with Crippen molar-refractivity contribution in [2.24, 2.45) is 5.92 Å². The summed E-state index contributed by atoms with van der Waals surface area (Å²) in [6.45, 7) is 3.35. The van der Waals surface area contributed by atoms with Gasteiger partial charge in [-0.2, -0.15) is 0 Å². The SMILES string of the molecule is Cc1cccc(-c2ccc(C[C@]3(C(=O)N(C)C)CN(C(=O)C4CC4)CCO3)cc2)c1. The summed E-state index contributed by atoms with van der Waals surface area (Å²) in [6.07, 6.45) is 2.38. The van der Waals surface area contributed by atoms with Gasteiger partial charge in [-0.1, -0.05) is 54.1 Å². The summed E-state index contributed by atoms with van der Waals surface area (Å²) in [5.74, 6) is 0.228. The smallest absolute Gasteiger partial charge is 0.256 e. The molecule has 1 saturated heterocycles. The van der Waals surface area contributed by atoms with E-state index in [0.29, 0.717) is 26.1 Å². The number of aryl methyl sites for hydroxylation is 1. The van der Waals surface area contributed by atoms with Crippen molar-refractivity contribution < 1.29 is 14.3 Å². The Hall–Kier alpha value is -2.66. The van der Waals surface area contributed by atoms with E-state index in [1.54, 1.807) is 19.0 Å². The number of likely N-dealkylation sites (N-methyl/N-ethyl adjacent to an activating group) is 1. The molecule has 0 spiro atoms. The lowest BCUT2D eigenvalue weighted by Gasteiger charge is -2.43. The molecule has 2 aromatic carbocycles.